The first kappa shape index (κ1) is 13.2. The van der Waals surface area contributed by atoms with Crippen molar-refractivity contribution in [1.82, 2.24) is 0 Å². The molecule has 1 saturated carbocycles. The van der Waals surface area contributed by atoms with Crippen LogP contribution in [0, 0.1) is 11.6 Å². The molecule has 1 aromatic rings. The van der Waals surface area contributed by atoms with Gasteiger partial charge in [-0.2, -0.15) is 0 Å². The van der Waals surface area contributed by atoms with Crippen molar-refractivity contribution in [2.45, 2.75) is 38.0 Å². The van der Waals surface area contributed by atoms with Gasteiger partial charge < -0.3 is 15.2 Å². The second-order valence-corrected chi connectivity index (χ2v) is 4.47. The third-order valence-electron chi connectivity index (χ3n) is 2.98. The predicted molar refractivity (Wildman–Crippen MR) is 63.4 cm³/mol. The largest absolute Gasteiger partial charge is 0.485 e. The van der Waals surface area contributed by atoms with Crippen LogP contribution in [0.2, 0.25) is 0 Å². The van der Waals surface area contributed by atoms with E-state index in [-0.39, 0.29) is 24.0 Å². The third-order valence-corrected chi connectivity index (χ3v) is 2.98. The van der Waals surface area contributed by atoms with Crippen molar-refractivity contribution in [3.05, 3.63) is 29.8 Å². The summed E-state index contributed by atoms with van der Waals surface area (Å²) in [6.45, 7) is 2.60. The maximum absolute atomic E-state index is 13.4. The van der Waals surface area contributed by atoms with E-state index in [4.69, 9.17) is 15.2 Å². The van der Waals surface area contributed by atoms with Crippen molar-refractivity contribution in [2.75, 3.05) is 6.61 Å². The molecule has 3 unspecified atom stereocenters. The Bertz CT molecular complexity index is 414. The SMILES string of the molecule is CCCOC1C(N)CC1Oc1ccc(F)cc1F. The van der Waals surface area contributed by atoms with Crippen molar-refractivity contribution in [3.8, 4) is 5.75 Å². The fourth-order valence-electron chi connectivity index (χ4n) is 1.95. The minimum Gasteiger partial charge on any atom is -0.485 e. The van der Waals surface area contributed by atoms with Gasteiger partial charge in [-0.3, -0.25) is 0 Å². The zero-order chi connectivity index (χ0) is 13.1. The summed E-state index contributed by atoms with van der Waals surface area (Å²) in [5, 5.41) is 0. The highest BCUT2D eigenvalue weighted by molar-refractivity contribution is 5.25. The smallest absolute Gasteiger partial charge is 0.167 e. The molecular weight excluding hydrogens is 240 g/mol. The molecule has 100 valence electrons. The second-order valence-electron chi connectivity index (χ2n) is 4.47. The van der Waals surface area contributed by atoms with E-state index in [2.05, 4.69) is 0 Å². The first-order chi connectivity index (χ1) is 8.61. The molecule has 0 radical (unpaired) electrons. The summed E-state index contributed by atoms with van der Waals surface area (Å²) in [6, 6.07) is 3.17. The average Bonchev–Trinajstić information content (AvgIpc) is 2.32. The number of benzene rings is 1. The molecule has 2 N–H and O–H groups in total. The molecule has 3 nitrogen and oxygen atoms in total. The van der Waals surface area contributed by atoms with Crippen molar-refractivity contribution in [2.24, 2.45) is 5.73 Å². The molecule has 5 heteroatoms. The van der Waals surface area contributed by atoms with E-state index in [1.165, 1.54) is 12.1 Å². The lowest BCUT2D eigenvalue weighted by atomic mass is 9.86. The van der Waals surface area contributed by atoms with Crippen LogP contribution in [0.25, 0.3) is 0 Å². The number of ether oxygens (including phenoxy) is 2. The quantitative estimate of drug-likeness (QED) is 0.879. The molecule has 0 amide bonds. The van der Waals surface area contributed by atoms with E-state index in [0.29, 0.717) is 13.0 Å². The number of rotatable bonds is 5. The Morgan fingerprint density at radius 1 is 1.39 bits per heavy atom. The van der Waals surface area contributed by atoms with Crippen LogP contribution in [-0.4, -0.2) is 24.9 Å². The molecule has 0 spiro atoms. The average molecular weight is 257 g/mol. The van der Waals surface area contributed by atoms with Gasteiger partial charge in [-0.05, 0) is 18.6 Å². The van der Waals surface area contributed by atoms with Gasteiger partial charge in [-0.25, -0.2) is 8.78 Å². The second kappa shape index (κ2) is 5.63. The molecule has 0 heterocycles. The minimum atomic E-state index is -0.704. The lowest BCUT2D eigenvalue weighted by molar-refractivity contribution is -0.0989. The summed E-state index contributed by atoms with van der Waals surface area (Å²) in [5.41, 5.74) is 5.81. The Morgan fingerprint density at radius 2 is 2.17 bits per heavy atom. The molecule has 1 aliphatic rings. The molecule has 0 aliphatic heterocycles. The van der Waals surface area contributed by atoms with Gasteiger partial charge in [0, 0.05) is 25.1 Å². The van der Waals surface area contributed by atoms with E-state index in [1.807, 2.05) is 6.92 Å². The molecule has 0 bridgehead atoms. The summed E-state index contributed by atoms with van der Waals surface area (Å²) in [6.07, 6.45) is 1.03. The molecule has 1 fully saturated rings. The van der Waals surface area contributed by atoms with Gasteiger partial charge in [0.15, 0.2) is 11.6 Å². The summed E-state index contributed by atoms with van der Waals surface area (Å²) in [7, 11) is 0. The predicted octanol–water partition coefficient (Wildman–Crippen LogP) is 2.24. The summed E-state index contributed by atoms with van der Waals surface area (Å²) >= 11 is 0. The van der Waals surface area contributed by atoms with Gasteiger partial charge in [0.25, 0.3) is 0 Å². The molecule has 0 saturated heterocycles. The summed E-state index contributed by atoms with van der Waals surface area (Å²) in [4.78, 5) is 0. The Kier molecular flexibility index (Phi) is 4.14. The normalized spacial score (nSPS) is 26.8. The zero-order valence-electron chi connectivity index (χ0n) is 10.2. The molecule has 1 aromatic carbocycles. The van der Waals surface area contributed by atoms with E-state index < -0.39 is 11.6 Å². The topological polar surface area (TPSA) is 44.5 Å². The van der Waals surface area contributed by atoms with Crippen LogP contribution in [0.1, 0.15) is 19.8 Å². The van der Waals surface area contributed by atoms with E-state index >= 15 is 0 Å². The van der Waals surface area contributed by atoms with Crippen molar-refractivity contribution in [1.29, 1.82) is 0 Å². The maximum atomic E-state index is 13.4. The number of hydrogen-bond donors (Lipinski definition) is 1. The highest BCUT2D eigenvalue weighted by Gasteiger charge is 2.41. The number of hydrogen-bond acceptors (Lipinski definition) is 3. The summed E-state index contributed by atoms with van der Waals surface area (Å²) in [5.74, 6) is -1.29. The molecule has 18 heavy (non-hydrogen) atoms. The van der Waals surface area contributed by atoms with Crippen molar-refractivity contribution >= 4 is 0 Å². The molecular formula is C13H17F2NO2. The standard InChI is InChI=1S/C13H17F2NO2/c1-2-5-17-13-10(16)7-12(13)18-11-4-3-8(14)6-9(11)15/h3-4,6,10,12-13H,2,5,7,16H2,1H3. The zero-order valence-corrected chi connectivity index (χ0v) is 10.2. The van der Waals surface area contributed by atoms with Crippen molar-refractivity contribution < 1.29 is 18.3 Å². The molecule has 0 aromatic heterocycles. The van der Waals surface area contributed by atoms with E-state index in [0.717, 1.165) is 12.5 Å². The monoisotopic (exact) mass is 257 g/mol. The van der Waals surface area contributed by atoms with Crippen LogP contribution in [-0.2, 0) is 4.74 Å². The van der Waals surface area contributed by atoms with Gasteiger partial charge in [-0.1, -0.05) is 6.92 Å². The Morgan fingerprint density at radius 3 is 2.78 bits per heavy atom. The Balaban J connectivity index is 1.96. The maximum Gasteiger partial charge on any atom is 0.167 e. The number of halogens is 2. The van der Waals surface area contributed by atoms with E-state index in [1.54, 1.807) is 0 Å². The first-order valence-corrected chi connectivity index (χ1v) is 6.10. The van der Waals surface area contributed by atoms with Crippen LogP contribution in [0.5, 0.6) is 5.75 Å². The number of nitrogens with two attached hydrogens (primary N) is 1. The van der Waals surface area contributed by atoms with Crippen LogP contribution in [0.15, 0.2) is 18.2 Å². The van der Waals surface area contributed by atoms with Gasteiger partial charge in [0.05, 0.1) is 0 Å². The highest BCUT2D eigenvalue weighted by atomic mass is 19.1. The highest BCUT2D eigenvalue weighted by Crippen LogP contribution is 2.29. The van der Waals surface area contributed by atoms with Gasteiger partial charge in [-0.15, -0.1) is 0 Å². The lowest BCUT2D eigenvalue weighted by Crippen LogP contribution is -2.59. The van der Waals surface area contributed by atoms with Crippen LogP contribution >= 0.6 is 0 Å². The fraction of sp³-hybridized carbons (Fsp3) is 0.538. The third kappa shape index (κ3) is 2.79. The Hall–Kier alpha value is -1.20. The Labute approximate surface area is 105 Å². The van der Waals surface area contributed by atoms with Crippen LogP contribution < -0.4 is 10.5 Å². The fourth-order valence-corrected chi connectivity index (χ4v) is 1.95. The summed E-state index contributed by atoms with van der Waals surface area (Å²) < 4.78 is 37.2. The van der Waals surface area contributed by atoms with Gasteiger partial charge in [0.2, 0.25) is 0 Å². The van der Waals surface area contributed by atoms with Crippen LogP contribution in [0.3, 0.4) is 0 Å². The van der Waals surface area contributed by atoms with Gasteiger partial charge >= 0.3 is 0 Å². The molecule has 3 atom stereocenters. The minimum absolute atomic E-state index is 0.0402. The van der Waals surface area contributed by atoms with Gasteiger partial charge in [0.1, 0.15) is 18.0 Å². The first-order valence-electron chi connectivity index (χ1n) is 6.10. The molecule has 2 rings (SSSR count). The van der Waals surface area contributed by atoms with Crippen LogP contribution in [0.4, 0.5) is 8.78 Å². The van der Waals surface area contributed by atoms with E-state index in [9.17, 15) is 8.78 Å². The van der Waals surface area contributed by atoms with Crippen molar-refractivity contribution in [3.63, 3.8) is 0 Å². The lowest BCUT2D eigenvalue weighted by Gasteiger charge is -2.41. The molecule has 1 aliphatic carbocycles.